The van der Waals surface area contributed by atoms with Gasteiger partial charge in [-0.05, 0) is 24.3 Å². The zero-order valence-electron chi connectivity index (χ0n) is 12.4. The van der Waals surface area contributed by atoms with Gasteiger partial charge in [-0.15, -0.1) is 0 Å². The SMILES string of the molecule is O[C@@H]1C[C@H](c2ccccc2OC(F)F)n2c1nc1ccc(Br)cc12. The van der Waals surface area contributed by atoms with Crippen LogP contribution in [0.25, 0.3) is 11.0 Å². The second-order valence-corrected chi connectivity index (χ2v) is 6.57. The average molecular weight is 395 g/mol. The number of nitrogens with zero attached hydrogens (tertiary/aromatic N) is 2. The highest BCUT2D eigenvalue weighted by Gasteiger charge is 2.35. The number of fused-ring (bicyclic) bond motifs is 3. The Morgan fingerprint density at radius 1 is 1.25 bits per heavy atom. The van der Waals surface area contributed by atoms with E-state index in [2.05, 4.69) is 25.7 Å². The molecule has 1 aliphatic heterocycles. The summed E-state index contributed by atoms with van der Waals surface area (Å²) in [6, 6.07) is 12.0. The van der Waals surface area contributed by atoms with Gasteiger partial charge in [0.1, 0.15) is 17.7 Å². The van der Waals surface area contributed by atoms with Crippen LogP contribution < -0.4 is 4.74 Å². The quantitative estimate of drug-likeness (QED) is 0.714. The minimum atomic E-state index is -2.90. The molecule has 0 unspecified atom stereocenters. The topological polar surface area (TPSA) is 47.3 Å². The molecule has 0 aliphatic carbocycles. The molecular formula is C17H13BrF2N2O2. The normalized spacial score (nSPS) is 19.9. The summed E-state index contributed by atoms with van der Waals surface area (Å²) in [6.45, 7) is -2.90. The van der Waals surface area contributed by atoms with Crippen molar-refractivity contribution in [2.24, 2.45) is 0 Å². The predicted molar refractivity (Wildman–Crippen MR) is 88.2 cm³/mol. The Morgan fingerprint density at radius 3 is 2.83 bits per heavy atom. The third-order valence-corrected chi connectivity index (χ3v) is 4.72. The molecule has 2 atom stereocenters. The molecule has 2 heterocycles. The van der Waals surface area contributed by atoms with Gasteiger partial charge in [0.05, 0.1) is 17.1 Å². The van der Waals surface area contributed by atoms with Gasteiger partial charge in [-0.3, -0.25) is 0 Å². The van der Waals surface area contributed by atoms with Crippen LogP contribution >= 0.6 is 15.9 Å². The van der Waals surface area contributed by atoms with Crippen molar-refractivity contribution >= 4 is 27.0 Å². The van der Waals surface area contributed by atoms with Gasteiger partial charge in [0.15, 0.2) is 0 Å². The average Bonchev–Trinajstić information content (AvgIpc) is 3.05. The first-order valence-corrected chi connectivity index (χ1v) is 8.23. The number of ether oxygens (including phenoxy) is 1. The highest BCUT2D eigenvalue weighted by Crippen LogP contribution is 2.44. The fourth-order valence-electron chi connectivity index (χ4n) is 3.29. The van der Waals surface area contributed by atoms with E-state index in [9.17, 15) is 13.9 Å². The van der Waals surface area contributed by atoms with Gasteiger partial charge in [0, 0.05) is 16.5 Å². The molecule has 0 fully saturated rings. The van der Waals surface area contributed by atoms with Gasteiger partial charge in [-0.1, -0.05) is 34.1 Å². The van der Waals surface area contributed by atoms with Gasteiger partial charge >= 0.3 is 6.61 Å². The van der Waals surface area contributed by atoms with E-state index in [1.165, 1.54) is 6.07 Å². The summed E-state index contributed by atoms with van der Waals surface area (Å²) >= 11 is 3.44. The zero-order chi connectivity index (χ0) is 16.8. The van der Waals surface area contributed by atoms with Crippen molar-refractivity contribution in [1.29, 1.82) is 0 Å². The van der Waals surface area contributed by atoms with Crippen molar-refractivity contribution in [3.8, 4) is 5.75 Å². The summed E-state index contributed by atoms with van der Waals surface area (Å²) in [5.74, 6) is 0.661. The molecule has 0 spiro atoms. The number of alkyl halides is 2. The molecule has 4 nitrogen and oxygen atoms in total. The van der Waals surface area contributed by atoms with Crippen LogP contribution in [0.2, 0.25) is 0 Å². The summed E-state index contributed by atoms with van der Waals surface area (Å²) in [4.78, 5) is 4.48. The Bertz CT molecular complexity index is 913. The number of hydrogen-bond donors (Lipinski definition) is 1. The molecule has 1 aromatic heterocycles. The molecule has 0 bridgehead atoms. The molecule has 24 heavy (non-hydrogen) atoms. The maximum atomic E-state index is 12.7. The molecular weight excluding hydrogens is 382 g/mol. The van der Waals surface area contributed by atoms with Gasteiger partial charge in [-0.25, -0.2) is 4.98 Å². The monoisotopic (exact) mass is 394 g/mol. The Labute approximate surface area is 144 Å². The van der Waals surface area contributed by atoms with Crippen molar-refractivity contribution in [1.82, 2.24) is 9.55 Å². The Morgan fingerprint density at radius 2 is 2.04 bits per heavy atom. The number of benzene rings is 2. The molecule has 0 radical (unpaired) electrons. The maximum absolute atomic E-state index is 12.7. The number of aromatic nitrogens is 2. The largest absolute Gasteiger partial charge is 0.434 e. The number of aliphatic hydroxyl groups is 1. The lowest BCUT2D eigenvalue weighted by Crippen LogP contribution is -2.10. The van der Waals surface area contributed by atoms with E-state index in [1.807, 2.05) is 22.8 Å². The molecule has 0 saturated carbocycles. The van der Waals surface area contributed by atoms with E-state index in [-0.39, 0.29) is 11.8 Å². The van der Waals surface area contributed by atoms with Crippen molar-refractivity contribution in [2.75, 3.05) is 0 Å². The number of aliphatic hydroxyl groups excluding tert-OH is 1. The second kappa shape index (κ2) is 5.82. The van der Waals surface area contributed by atoms with Crippen LogP contribution in [0.4, 0.5) is 8.78 Å². The number of para-hydroxylation sites is 1. The van der Waals surface area contributed by atoms with Crippen LogP contribution in [0, 0.1) is 0 Å². The Hall–Kier alpha value is -1.99. The lowest BCUT2D eigenvalue weighted by molar-refractivity contribution is -0.0507. The van der Waals surface area contributed by atoms with E-state index in [0.717, 1.165) is 15.5 Å². The Kier molecular flexibility index (Phi) is 3.77. The van der Waals surface area contributed by atoms with Crippen LogP contribution in [0.5, 0.6) is 5.75 Å². The molecule has 1 N–H and O–H groups in total. The van der Waals surface area contributed by atoms with Crippen LogP contribution in [-0.2, 0) is 0 Å². The first-order valence-electron chi connectivity index (χ1n) is 7.44. The Balaban J connectivity index is 1.89. The molecule has 3 aromatic rings. The van der Waals surface area contributed by atoms with Crippen molar-refractivity contribution < 1.29 is 18.6 Å². The van der Waals surface area contributed by atoms with E-state index < -0.39 is 12.7 Å². The van der Waals surface area contributed by atoms with Crippen molar-refractivity contribution in [3.05, 3.63) is 58.3 Å². The van der Waals surface area contributed by atoms with Crippen LogP contribution in [0.15, 0.2) is 46.9 Å². The van der Waals surface area contributed by atoms with Gasteiger partial charge in [-0.2, -0.15) is 8.78 Å². The highest BCUT2D eigenvalue weighted by molar-refractivity contribution is 9.10. The van der Waals surface area contributed by atoms with E-state index in [0.29, 0.717) is 17.8 Å². The van der Waals surface area contributed by atoms with Gasteiger partial charge < -0.3 is 14.4 Å². The molecule has 2 aromatic carbocycles. The number of hydrogen-bond acceptors (Lipinski definition) is 3. The predicted octanol–water partition coefficient (Wildman–Crippen LogP) is 4.43. The van der Waals surface area contributed by atoms with Crippen LogP contribution in [0.1, 0.15) is 30.0 Å². The van der Waals surface area contributed by atoms with Crippen molar-refractivity contribution in [2.45, 2.75) is 25.2 Å². The highest BCUT2D eigenvalue weighted by atomic mass is 79.9. The summed E-state index contributed by atoms with van der Waals surface area (Å²) in [6.07, 6.45) is -0.380. The standard InChI is InChI=1S/C17H13BrF2N2O2/c18-9-5-6-11-13(7-9)22-12(8-14(23)16(22)21-11)10-3-1-2-4-15(10)24-17(19)20/h1-7,12,14,17,23H,8H2/t12-,14-/m1/s1. The van der Waals surface area contributed by atoms with Crippen LogP contribution in [-0.4, -0.2) is 21.3 Å². The third-order valence-electron chi connectivity index (χ3n) is 4.23. The first kappa shape index (κ1) is 15.5. The lowest BCUT2D eigenvalue weighted by Gasteiger charge is -2.18. The summed E-state index contributed by atoms with van der Waals surface area (Å²) < 4.78 is 32.9. The van der Waals surface area contributed by atoms with Gasteiger partial charge in [0.25, 0.3) is 0 Å². The molecule has 0 saturated heterocycles. The van der Waals surface area contributed by atoms with Crippen molar-refractivity contribution in [3.63, 3.8) is 0 Å². The molecule has 7 heteroatoms. The zero-order valence-corrected chi connectivity index (χ0v) is 14.0. The number of halogens is 3. The number of imidazole rings is 1. The van der Waals surface area contributed by atoms with Gasteiger partial charge in [0.2, 0.25) is 0 Å². The van der Waals surface area contributed by atoms with E-state index in [4.69, 9.17) is 0 Å². The minimum Gasteiger partial charge on any atom is -0.434 e. The van der Waals surface area contributed by atoms with Crippen LogP contribution in [0.3, 0.4) is 0 Å². The molecule has 0 amide bonds. The first-order chi connectivity index (χ1) is 11.5. The second-order valence-electron chi connectivity index (χ2n) is 5.66. The number of rotatable bonds is 3. The summed E-state index contributed by atoms with van der Waals surface area (Å²) in [5.41, 5.74) is 2.20. The van der Waals surface area contributed by atoms with E-state index in [1.54, 1.807) is 18.2 Å². The summed E-state index contributed by atoms with van der Waals surface area (Å²) in [7, 11) is 0. The molecule has 124 valence electrons. The minimum absolute atomic E-state index is 0.120. The smallest absolute Gasteiger partial charge is 0.387 e. The fourth-order valence-corrected chi connectivity index (χ4v) is 3.64. The third kappa shape index (κ3) is 2.48. The summed E-state index contributed by atoms with van der Waals surface area (Å²) in [5, 5.41) is 10.4. The fraction of sp³-hybridized carbons (Fsp3) is 0.235. The molecule has 4 rings (SSSR count). The molecule has 1 aliphatic rings. The lowest BCUT2D eigenvalue weighted by atomic mass is 10.0. The van der Waals surface area contributed by atoms with E-state index >= 15 is 0 Å². The maximum Gasteiger partial charge on any atom is 0.387 e.